The van der Waals surface area contributed by atoms with E-state index in [0.717, 1.165) is 30.9 Å². The van der Waals surface area contributed by atoms with Gasteiger partial charge in [-0.15, -0.1) is 0 Å². The number of benzene rings is 1. The molecule has 1 aromatic carbocycles. The van der Waals surface area contributed by atoms with Crippen LogP contribution in [0.3, 0.4) is 0 Å². The number of rotatable bonds is 4. The lowest BCUT2D eigenvalue weighted by molar-refractivity contribution is 0.183. The third-order valence-electron chi connectivity index (χ3n) is 3.24. The lowest BCUT2D eigenvalue weighted by Gasteiger charge is -2.20. The molecule has 17 heavy (non-hydrogen) atoms. The minimum absolute atomic E-state index is 0.424. The van der Waals surface area contributed by atoms with Crippen LogP contribution in [0.2, 0.25) is 0 Å². The predicted octanol–water partition coefficient (Wildman–Crippen LogP) is 2.16. The van der Waals surface area contributed by atoms with Crippen LogP contribution < -0.4 is 11.1 Å². The van der Waals surface area contributed by atoms with Crippen molar-refractivity contribution < 1.29 is 4.74 Å². The Morgan fingerprint density at radius 2 is 2.18 bits per heavy atom. The summed E-state index contributed by atoms with van der Waals surface area (Å²) >= 11 is 4.92. The first-order valence-corrected chi connectivity index (χ1v) is 6.32. The van der Waals surface area contributed by atoms with Gasteiger partial charge in [0.1, 0.15) is 4.99 Å². The second-order valence-corrected chi connectivity index (χ2v) is 4.94. The summed E-state index contributed by atoms with van der Waals surface area (Å²) in [5.74, 6) is 0.602. The van der Waals surface area contributed by atoms with Crippen molar-refractivity contribution in [2.75, 3.05) is 18.5 Å². The molecule has 1 aliphatic heterocycles. The Kier molecular flexibility index (Phi) is 3.97. The van der Waals surface area contributed by atoms with Crippen molar-refractivity contribution in [2.24, 2.45) is 11.7 Å². The molecular formula is C13H18N2OS. The lowest BCUT2D eigenvalue weighted by atomic mass is 10.0. The molecule has 1 aromatic rings. The van der Waals surface area contributed by atoms with Crippen molar-refractivity contribution in [2.45, 2.75) is 19.4 Å². The molecule has 2 atom stereocenters. The zero-order valence-electron chi connectivity index (χ0n) is 9.98. The normalized spacial score (nSPS) is 21.1. The molecule has 0 aliphatic carbocycles. The molecule has 1 aliphatic rings. The van der Waals surface area contributed by atoms with Crippen LogP contribution in [0, 0.1) is 5.92 Å². The Morgan fingerprint density at radius 3 is 2.71 bits per heavy atom. The summed E-state index contributed by atoms with van der Waals surface area (Å²) in [6.07, 6.45) is 1.14. The van der Waals surface area contributed by atoms with Gasteiger partial charge >= 0.3 is 0 Å². The fourth-order valence-electron chi connectivity index (χ4n) is 2.06. The van der Waals surface area contributed by atoms with Crippen LogP contribution in [0.5, 0.6) is 0 Å². The van der Waals surface area contributed by atoms with Crippen molar-refractivity contribution in [1.82, 2.24) is 0 Å². The third-order valence-corrected chi connectivity index (χ3v) is 3.47. The van der Waals surface area contributed by atoms with Gasteiger partial charge < -0.3 is 15.8 Å². The van der Waals surface area contributed by atoms with Crippen LogP contribution in [0.25, 0.3) is 0 Å². The van der Waals surface area contributed by atoms with Gasteiger partial charge in [-0.25, -0.2) is 0 Å². The average Bonchev–Trinajstić information content (AvgIpc) is 2.83. The van der Waals surface area contributed by atoms with Gasteiger partial charge in [0.15, 0.2) is 0 Å². The zero-order chi connectivity index (χ0) is 12.3. The van der Waals surface area contributed by atoms with E-state index in [1.165, 1.54) is 0 Å². The first kappa shape index (κ1) is 12.3. The van der Waals surface area contributed by atoms with Gasteiger partial charge in [0.05, 0.1) is 6.61 Å². The van der Waals surface area contributed by atoms with Crippen molar-refractivity contribution in [1.29, 1.82) is 0 Å². The molecule has 1 fully saturated rings. The predicted molar refractivity (Wildman–Crippen MR) is 74.3 cm³/mol. The molecule has 3 N–H and O–H groups in total. The first-order valence-electron chi connectivity index (χ1n) is 5.91. The molecule has 0 spiro atoms. The molecule has 1 saturated heterocycles. The van der Waals surface area contributed by atoms with E-state index in [1.54, 1.807) is 0 Å². The summed E-state index contributed by atoms with van der Waals surface area (Å²) < 4.78 is 5.39. The minimum atomic E-state index is 0.424. The molecule has 2 unspecified atom stereocenters. The highest BCUT2D eigenvalue weighted by Gasteiger charge is 2.21. The number of hydrogen-bond acceptors (Lipinski definition) is 3. The largest absolute Gasteiger partial charge is 0.389 e. The minimum Gasteiger partial charge on any atom is -0.389 e. The molecule has 3 nitrogen and oxygen atoms in total. The Balaban J connectivity index is 1.96. The fraction of sp³-hybridized carbons (Fsp3) is 0.462. The summed E-state index contributed by atoms with van der Waals surface area (Å²) in [4.78, 5) is 0.439. The van der Waals surface area contributed by atoms with E-state index in [4.69, 9.17) is 22.7 Å². The standard InChI is InChI=1S/C13H18N2OS/c1-9(11-6-7-16-8-11)15-12-4-2-10(3-5-12)13(14)17/h2-5,9,11,15H,6-8H2,1H3,(H2,14,17). The van der Waals surface area contributed by atoms with Gasteiger partial charge in [-0.2, -0.15) is 0 Å². The van der Waals surface area contributed by atoms with Gasteiger partial charge in [-0.3, -0.25) is 0 Å². The van der Waals surface area contributed by atoms with Crippen LogP contribution >= 0.6 is 12.2 Å². The van der Waals surface area contributed by atoms with E-state index in [0.29, 0.717) is 16.9 Å². The van der Waals surface area contributed by atoms with Crippen molar-refractivity contribution in [3.63, 3.8) is 0 Å². The zero-order valence-corrected chi connectivity index (χ0v) is 10.8. The maximum Gasteiger partial charge on any atom is 0.103 e. The van der Waals surface area contributed by atoms with E-state index in [2.05, 4.69) is 12.2 Å². The van der Waals surface area contributed by atoms with E-state index in [-0.39, 0.29) is 0 Å². The molecule has 0 bridgehead atoms. The summed E-state index contributed by atoms with van der Waals surface area (Å²) in [6.45, 7) is 3.94. The average molecular weight is 250 g/mol. The number of hydrogen-bond donors (Lipinski definition) is 2. The number of anilines is 1. The van der Waals surface area contributed by atoms with Crippen LogP contribution in [0.15, 0.2) is 24.3 Å². The maximum absolute atomic E-state index is 5.56. The van der Waals surface area contributed by atoms with E-state index in [9.17, 15) is 0 Å². The molecule has 4 heteroatoms. The Labute approximate surface area is 107 Å². The van der Waals surface area contributed by atoms with Gasteiger partial charge in [0.2, 0.25) is 0 Å². The lowest BCUT2D eigenvalue weighted by Crippen LogP contribution is -2.26. The summed E-state index contributed by atoms with van der Waals surface area (Å²) in [6, 6.07) is 8.35. The molecule has 1 heterocycles. The second kappa shape index (κ2) is 5.47. The van der Waals surface area contributed by atoms with Crippen LogP contribution in [-0.2, 0) is 4.74 Å². The number of nitrogens with one attached hydrogen (secondary N) is 1. The summed E-state index contributed by atoms with van der Waals surface area (Å²) in [5, 5.41) is 3.49. The highest BCUT2D eigenvalue weighted by atomic mass is 32.1. The van der Waals surface area contributed by atoms with Crippen molar-refractivity contribution >= 4 is 22.9 Å². The summed E-state index contributed by atoms with van der Waals surface area (Å²) in [7, 11) is 0. The van der Waals surface area contributed by atoms with E-state index < -0.39 is 0 Å². The second-order valence-electron chi connectivity index (χ2n) is 4.50. The molecule has 0 aromatic heterocycles. The van der Waals surface area contributed by atoms with Crippen LogP contribution in [0.4, 0.5) is 5.69 Å². The smallest absolute Gasteiger partial charge is 0.103 e. The molecule has 0 amide bonds. The highest BCUT2D eigenvalue weighted by Crippen LogP contribution is 2.20. The maximum atomic E-state index is 5.56. The number of thiocarbonyl (C=S) groups is 1. The first-order chi connectivity index (χ1) is 8.16. The fourth-order valence-corrected chi connectivity index (χ4v) is 2.19. The SMILES string of the molecule is CC(Nc1ccc(C(N)=S)cc1)C1CCOC1. The van der Waals surface area contributed by atoms with E-state index in [1.807, 2.05) is 24.3 Å². The van der Waals surface area contributed by atoms with Gasteiger partial charge in [-0.05, 0) is 37.6 Å². The van der Waals surface area contributed by atoms with Gasteiger partial charge in [0.25, 0.3) is 0 Å². The molecule has 0 radical (unpaired) electrons. The topological polar surface area (TPSA) is 47.3 Å². The molecule has 0 saturated carbocycles. The van der Waals surface area contributed by atoms with Crippen molar-refractivity contribution in [3.8, 4) is 0 Å². The van der Waals surface area contributed by atoms with Crippen molar-refractivity contribution in [3.05, 3.63) is 29.8 Å². The molecular weight excluding hydrogens is 232 g/mol. The number of nitrogens with two attached hydrogens (primary N) is 1. The van der Waals surface area contributed by atoms with Gasteiger partial charge in [0, 0.05) is 29.8 Å². The van der Waals surface area contributed by atoms with Crippen LogP contribution in [0.1, 0.15) is 18.9 Å². The number of ether oxygens (including phenoxy) is 1. The van der Waals surface area contributed by atoms with Crippen LogP contribution in [-0.4, -0.2) is 24.2 Å². The van der Waals surface area contributed by atoms with E-state index >= 15 is 0 Å². The Bertz CT molecular complexity index is 385. The monoisotopic (exact) mass is 250 g/mol. The quantitative estimate of drug-likeness (QED) is 0.804. The highest BCUT2D eigenvalue weighted by molar-refractivity contribution is 7.80. The Hall–Kier alpha value is -1.13. The third kappa shape index (κ3) is 3.17. The molecule has 2 rings (SSSR count). The van der Waals surface area contributed by atoms with Gasteiger partial charge in [-0.1, -0.05) is 12.2 Å². The summed E-state index contributed by atoms with van der Waals surface area (Å²) in [5.41, 5.74) is 7.57. The molecule has 92 valence electrons. The Morgan fingerprint density at radius 1 is 1.47 bits per heavy atom.